The van der Waals surface area contributed by atoms with E-state index in [2.05, 4.69) is 10.6 Å². The SMILES string of the molecule is CC(NC(=O)CCCCCl)C(=O)NC1CC1. The van der Waals surface area contributed by atoms with Gasteiger partial charge >= 0.3 is 0 Å². The van der Waals surface area contributed by atoms with E-state index in [1.807, 2.05) is 0 Å². The Morgan fingerprint density at radius 3 is 2.62 bits per heavy atom. The van der Waals surface area contributed by atoms with Crippen LogP contribution in [0.4, 0.5) is 0 Å². The Balaban J connectivity index is 2.13. The van der Waals surface area contributed by atoms with E-state index in [1.165, 1.54) is 0 Å². The van der Waals surface area contributed by atoms with Crippen molar-refractivity contribution >= 4 is 23.4 Å². The molecule has 0 aromatic heterocycles. The van der Waals surface area contributed by atoms with Crippen molar-refractivity contribution < 1.29 is 9.59 Å². The van der Waals surface area contributed by atoms with Gasteiger partial charge in [-0.1, -0.05) is 0 Å². The molecule has 1 aliphatic carbocycles. The molecule has 0 aromatic carbocycles. The molecule has 16 heavy (non-hydrogen) atoms. The first-order valence-electron chi connectivity index (χ1n) is 5.79. The zero-order valence-electron chi connectivity index (χ0n) is 9.59. The summed E-state index contributed by atoms with van der Waals surface area (Å²) < 4.78 is 0. The maximum Gasteiger partial charge on any atom is 0.242 e. The molecular weight excluding hydrogens is 228 g/mol. The molecule has 1 unspecified atom stereocenters. The van der Waals surface area contributed by atoms with Crippen molar-refractivity contribution in [3.8, 4) is 0 Å². The Morgan fingerprint density at radius 2 is 2.06 bits per heavy atom. The first kappa shape index (κ1) is 13.3. The van der Waals surface area contributed by atoms with Crippen molar-refractivity contribution in [2.75, 3.05) is 5.88 Å². The highest BCUT2D eigenvalue weighted by atomic mass is 35.5. The van der Waals surface area contributed by atoms with Crippen LogP contribution in [-0.2, 0) is 9.59 Å². The molecule has 0 saturated heterocycles. The zero-order chi connectivity index (χ0) is 12.0. The molecular formula is C11H19ClN2O2. The fraction of sp³-hybridized carbons (Fsp3) is 0.818. The molecule has 0 heterocycles. The van der Waals surface area contributed by atoms with Gasteiger partial charge in [-0.3, -0.25) is 9.59 Å². The average Bonchev–Trinajstić information content (AvgIpc) is 3.02. The van der Waals surface area contributed by atoms with Crippen LogP contribution in [0, 0.1) is 0 Å². The average molecular weight is 247 g/mol. The second kappa shape index (κ2) is 6.74. The van der Waals surface area contributed by atoms with E-state index in [-0.39, 0.29) is 11.8 Å². The third-order valence-electron chi connectivity index (χ3n) is 2.48. The zero-order valence-corrected chi connectivity index (χ0v) is 10.3. The van der Waals surface area contributed by atoms with Crippen molar-refractivity contribution in [3.05, 3.63) is 0 Å². The van der Waals surface area contributed by atoms with Gasteiger partial charge < -0.3 is 10.6 Å². The predicted molar refractivity (Wildman–Crippen MR) is 63.3 cm³/mol. The lowest BCUT2D eigenvalue weighted by Gasteiger charge is -2.13. The lowest BCUT2D eigenvalue weighted by Crippen LogP contribution is -2.45. The van der Waals surface area contributed by atoms with E-state index in [1.54, 1.807) is 6.92 Å². The Hall–Kier alpha value is -0.770. The summed E-state index contributed by atoms with van der Waals surface area (Å²) in [5.74, 6) is 0.405. The molecule has 92 valence electrons. The number of carbonyl (C=O) groups excluding carboxylic acids is 2. The fourth-order valence-corrected chi connectivity index (χ4v) is 1.50. The van der Waals surface area contributed by atoms with Crippen LogP contribution in [0.3, 0.4) is 0 Å². The fourth-order valence-electron chi connectivity index (χ4n) is 1.31. The summed E-state index contributed by atoms with van der Waals surface area (Å²) in [7, 11) is 0. The molecule has 0 spiro atoms. The smallest absolute Gasteiger partial charge is 0.242 e. The van der Waals surface area contributed by atoms with E-state index in [4.69, 9.17) is 11.6 Å². The van der Waals surface area contributed by atoms with Gasteiger partial charge in [0, 0.05) is 18.3 Å². The quantitative estimate of drug-likeness (QED) is 0.524. The highest BCUT2D eigenvalue weighted by molar-refractivity contribution is 6.17. The van der Waals surface area contributed by atoms with Gasteiger partial charge in [0.2, 0.25) is 11.8 Å². The van der Waals surface area contributed by atoms with E-state index < -0.39 is 6.04 Å². The summed E-state index contributed by atoms with van der Waals surface area (Å²) in [5.41, 5.74) is 0. The summed E-state index contributed by atoms with van der Waals surface area (Å²) in [6.45, 7) is 1.71. The number of carbonyl (C=O) groups is 2. The summed E-state index contributed by atoms with van der Waals surface area (Å²) in [4.78, 5) is 22.9. The standard InChI is InChI=1S/C11H19ClN2O2/c1-8(11(16)14-9-5-6-9)13-10(15)4-2-3-7-12/h8-9H,2-7H2,1H3,(H,13,15)(H,14,16). The monoisotopic (exact) mass is 246 g/mol. The van der Waals surface area contributed by atoms with Crippen LogP contribution in [0.15, 0.2) is 0 Å². The molecule has 2 N–H and O–H groups in total. The molecule has 5 heteroatoms. The van der Waals surface area contributed by atoms with Crippen LogP contribution in [0.5, 0.6) is 0 Å². The molecule has 0 aromatic rings. The summed E-state index contributed by atoms with van der Waals surface area (Å²) in [5, 5.41) is 5.53. The second-order valence-corrected chi connectivity index (χ2v) is 4.60. The lowest BCUT2D eigenvalue weighted by atomic mass is 10.2. The van der Waals surface area contributed by atoms with Crippen molar-refractivity contribution in [1.29, 1.82) is 0 Å². The Morgan fingerprint density at radius 1 is 1.38 bits per heavy atom. The largest absolute Gasteiger partial charge is 0.352 e. The number of rotatable bonds is 7. The Kier molecular flexibility index (Phi) is 5.60. The molecule has 1 fully saturated rings. The normalized spacial score (nSPS) is 16.6. The van der Waals surface area contributed by atoms with Gasteiger partial charge in [0.15, 0.2) is 0 Å². The van der Waals surface area contributed by atoms with Crippen molar-refractivity contribution in [2.45, 2.75) is 51.1 Å². The van der Waals surface area contributed by atoms with E-state index in [0.29, 0.717) is 18.3 Å². The maximum atomic E-state index is 11.5. The number of unbranched alkanes of at least 4 members (excludes halogenated alkanes) is 1. The highest BCUT2D eigenvalue weighted by Crippen LogP contribution is 2.18. The van der Waals surface area contributed by atoms with Crippen LogP contribution in [0.2, 0.25) is 0 Å². The maximum absolute atomic E-state index is 11.5. The number of hydrogen-bond donors (Lipinski definition) is 2. The molecule has 2 amide bonds. The topological polar surface area (TPSA) is 58.2 Å². The minimum Gasteiger partial charge on any atom is -0.352 e. The van der Waals surface area contributed by atoms with Gasteiger partial charge in [-0.15, -0.1) is 11.6 Å². The van der Waals surface area contributed by atoms with Gasteiger partial charge in [0.1, 0.15) is 6.04 Å². The number of halogens is 1. The summed E-state index contributed by atoms with van der Waals surface area (Å²) in [6.07, 6.45) is 4.15. The Labute approximate surface area is 101 Å². The van der Waals surface area contributed by atoms with Crippen LogP contribution < -0.4 is 10.6 Å². The van der Waals surface area contributed by atoms with Crippen molar-refractivity contribution in [3.63, 3.8) is 0 Å². The van der Waals surface area contributed by atoms with Crippen LogP contribution in [-0.4, -0.2) is 29.8 Å². The first-order valence-corrected chi connectivity index (χ1v) is 6.32. The second-order valence-electron chi connectivity index (χ2n) is 4.22. The Bertz CT molecular complexity index is 254. The molecule has 1 aliphatic rings. The molecule has 1 saturated carbocycles. The molecule has 0 radical (unpaired) electrons. The number of hydrogen-bond acceptors (Lipinski definition) is 2. The van der Waals surface area contributed by atoms with E-state index in [9.17, 15) is 9.59 Å². The molecule has 1 atom stereocenters. The lowest BCUT2D eigenvalue weighted by molar-refractivity contribution is -0.128. The van der Waals surface area contributed by atoms with Gasteiger partial charge in [0.05, 0.1) is 0 Å². The molecule has 4 nitrogen and oxygen atoms in total. The van der Waals surface area contributed by atoms with Gasteiger partial charge in [-0.2, -0.15) is 0 Å². The van der Waals surface area contributed by atoms with Crippen LogP contribution >= 0.6 is 11.6 Å². The van der Waals surface area contributed by atoms with E-state index >= 15 is 0 Å². The van der Waals surface area contributed by atoms with Crippen molar-refractivity contribution in [2.24, 2.45) is 0 Å². The first-order chi connectivity index (χ1) is 7.63. The number of alkyl halides is 1. The molecule has 1 rings (SSSR count). The van der Waals surface area contributed by atoms with Crippen LogP contribution in [0.25, 0.3) is 0 Å². The molecule has 0 aliphatic heterocycles. The minimum absolute atomic E-state index is 0.0800. The number of amides is 2. The summed E-state index contributed by atoms with van der Waals surface area (Å²) >= 11 is 5.51. The van der Waals surface area contributed by atoms with E-state index in [0.717, 1.165) is 25.7 Å². The third-order valence-corrected chi connectivity index (χ3v) is 2.75. The molecule has 0 bridgehead atoms. The summed E-state index contributed by atoms with van der Waals surface area (Å²) in [6, 6.07) is -0.104. The highest BCUT2D eigenvalue weighted by Gasteiger charge is 2.25. The van der Waals surface area contributed by atoms with Gasteiger partial charge in [-0.25, -0.2) is 0 Å². The van der Waals surface area contributed by atoms with Gasteiger partial charge in [0.25, 0.3) is 0 Å². The minimum atomic E-state index is -0.441. The van der Waals surface area contributed by atoms with Crippen LogP contribution in [0.1, 0.15) is 39.0 Å². The third kappa shape index (κ3) is 5.35. The predicted octanol–water partition coefficient (Wildman–Crippen LogP) is 1.18. The number of nitrogens with one attached hydrogen (secondary N) is 2. The van der Waals surface area contributed by atoms with Crippen molar-refractivity contribution in [1.82, 2.24) is 10.6 Å². The van der Waals surface area contributed by atoms with Gasteiger partial charge in [-0.05, 0) is 32.6 Å².